The van der Waals surface area contributed by atoms with E-state index in [0.29, 0.717) is 6.42 Å². The van der Waals surface area contributed by atoms with Crippen molar-refractivity contribution in [2.24, 2.45) is 0 Å². The molecule has 2 aromatic carbocycles. The molecule has 0 bridgehead atoms. The molecule has 0 aliphatic rings. The number of nitrogens with one attached hydrogen (secondary N) is 2. The fourth-order valence-corrected chi connectivity index (χ4v) is 2.85. The molecule has 0 aliphatic carbocycles. The molecule has 2 rings (SSSR count). The number of methoxy groups -OCH3 is 1. The van der Waals surface area contributed by atoms with Gasteiger partial charge in [-0.05, 0) is 30.2 Å². The van der Waals surface area contributed by atoms with E-state index in [1.807, 2.05) is 61.5 Å². The summed E-state index contributed by atoms with van der Waals surface area (Å²) in [6, 6.07) is 16.3. The average molecular weight is 405 g/mol. The number of amides is 2. The van der Waals surface area contributed by atoms with Gasteiger partial charge < -0.3 is 15.4 Å². The Balaban J connectivity index is 2.09. The van der Waals surface area contributed by atoms with Crippen LogP contribution in [0.3, 0.4) is 0 Å². The highest BCUT2D eigenvalue weighted by molar-refractivity contribution is 9.10. The van der Waals surface area contributed by atoms with Crippen LogP contribution in [0.1, 0.15) is 24.1 Å². The number of carbonyl (C=O) groups excluding carboxylic acids is 2. The number of rotatable bonds is 6. The zero-order valence-corrected chi connectivity index (χ0v) is 15.7. The van der Waals surface area contributed by atoms with Gasteiger partial charge in [-0.2, -0.15) is 0 Å². The molecule has 2 amide bonds. The molecule has 0 spiro atoms. The van der Waals surface area contributed by atoms with Gasteiger partial charge in [-0.1, -0.05) is 58.4 Å². The Morgan fingerprint density at radius 3 is 2.44 bits per heavy atom. The van der Waals surface area contributed by atoms with Crippen molar-refractivity contribution < 1.29 is 14.3 Å². The molecule has 0 heterocycles. The number of hydrogen-bond acceptors (Lipinski definition) is 3. The van der Waals surface area contributed by atoms with Crippen LogP contribution in [-0.2, 0) is 16.0 Å². The molecule has 2 aromatic rings. The maximum Gasteiger partial charge on any atom is 0.407 e. The van der Waals surface area contributed by atoms with E-state index < -0.39 is 12.1 Å². The van der Waals surface area contributed by atoms with Gasteiger partial charge in [0.1, 0.15) is 6.04 Å². The van der Waals surface area contributed by atoms with Crippen LogP contribution in [0.15, 0.2) is 59.1 Å². The monoisotopic (exact) mass is 404 g/mol. The van der Waals surface area contributed by atoms with Crippen molar-refractivity contribution in [1.82, 2.24) is 10.6 Å². The van der Waals surface area contributed by atoms with E-state index in [2.05, 4.69) is 31.3 Å². The zero-order valence-electron chi connectivity index (χ0n) is 14.2. The van der Waals surface area contributed by atoms with Crippen molar-refractivity contribution in [2.75, 3.05) is 7.11 Å². The Labute approximate surface area is 155 Å². The molecule has 2 unspecified atom stereocenters. The van der Waals surface area contributed by atoms with Crippen molar-refractivity contribution in [2.45, 2.75) is 25.4 Å². The van der Waals surface area contributed by atoms with Crippen molar-refractivity contribution in [1.29, 1.82) is 0 Å². The molecule has 0 aromatic heterocycles. The van der Waals surface area contributed by atoms with Crippen LogP contribution < -0.4 is 10.6 Å². The molecule has 0 fully saturated rings. The minimum Gasteiger partial charge on any atom is -0.453 e. The van der Waals surface area contributed by atoms with E-state index in [1.165, 1.54) is 7.11 Å². The molecule has 5 nitrogen and oxygen atoms in total. The van der Waals surface area contributed by atoms with Gasteiger partial charge in [-0.15, -0.1) is 0 Å². The second kappa shape index (κ2) is 9.22. The van der Waals surface area contributed by atoms with Crippen molar-refractivity contribution in [3.63, 3.8) is 0 Å². The topological polar surface area (TPSA) is 67.4 Å². The standard InChI is InChI=1S/C19H21BrN2O3/c1-13(15-9-6-10-16(20)12-15)21-18(23)17(22-19(24)25-2)11-14-7-4-3-5-8-14/h3-10,12-13,17H,11H2,1-2H3,(H,21,23)(H,22,24). The third kappa shape index (κ3) is 5.90. The van der Waals surface area contributed by atoms with Crippen molar-refractivity contribution in [3.05, 3.63) is 70.2 Å². The van der Waals surface area contributed by atoms with E-state index in [4.69, 9.17) is 0 Å². The number of halogens is 1. The molecule has 0 aliphatic heterocycles. The van der Waals surface area contributed by atoms with Gasteiger partial charge in [0.15, 0.2) is 0 Å². The maximum atomic E-state index is 12.7. The summed E-state index contributed by atoms with van der Waals surface area (Å²) in [6.07, 6.45) is -0.251. The minimum atomic E-state index is -0.718. The van der Waals surface area contributed by atoms with Crippen LogP contribution in [0.2, 0.25) is 0 Å². The second-order valence-corrected chi connectivity index (χ2v) is 6.58. The molecule has 2 atom stereocenters. The lowest BCUT2D eigenvalue weighted by Crippen LogP contribution is -2.48. The maximum absolute atomic E-state index is 12.7. The Kier molecular flexibility index (Phi) is 7.01. The fourth-order valence-electron chi connectivity index (χ4n) is 2.43. The van der Waals surface area contributed by atoms with E-state index in [9.17, 15) is 9.59 Å². The normalized spacial score (nSPS) is 12.8. The Hall–Kier alpha value is -2.34. The summed E-state index contributed by atoms with van der Waals surface area (Å²) >= 11 is 3.43. The second-order valence-electron chi connectivity index (χ2n) is 5.66. The molecule has 2 N–H and O–H groups in total. The Morgan fingerprint density at radius 2 is 1.80 bits per heavy atom. The van der Waals surface area contributed by atoms with E-state index >= 15 is 0 Å². The van der Waals surface area contributed by atoms with Gasteiger partial charge in [-0.25, -0.2) is 4.79 Å². The van der Waals surface area contributed by atoms with Crippen molar-refractivity contribution in [3.8, 4) is 0 Å². The van der Waals surface area contributed by atoms with Crippen LogP contribution in [-0.4, -0.2) is 25.2 Å². The molecule has 25 heavy (non-hydrogen) atoms. The van der Waals surface area contributed by atoms with E-state index in [0.717, 1.165) is 15.6 Å². The molecule has 0 saturated heterocycles. The molecular formula is C19H21BrN2O3. The average Bonchev–Trinajstić information content (AvgIpc) is 2.61. The minimum absolute atomic E-state index is 0.192. The lowest BCUT2D eigenvalue weighted by Gasteiger charge is -2.21. The summed E-state index contributed by atoms with van der Waals surface area (Å²) in [5.41, 5.74) is 1.92. The van der Waals surface area contributed by atoms with Crippen molar-refractivity contribution >= 4 is 27.9 Å². The number of hydrogen-bond donors (Lipinski definition) is 2. The number of carbonyl (C=O) groups is 2. The third-order valence-corrected chi connectivity index (χ3v) is 4.28. The smallest absolute Gasteiger partial charge is 0.407 e. The summed E-state index contributed by atoms with van der Waals surface area (Å²) < 4.78 is 5.58. The van der Waals surface area contributed by atoms with Crippen LogP contribution in [0, 0.1) is 0 Å². The number of ether oxygens (including phenoxy) is 1. The third-order valence-electron chi connectivity index (χ3n) is 3.78. The highest BCUT2D eigenvalue weighted by Crippen LogP contribution is 2.18. The SMILES string of the molecule is COC(=O)NC(Cc1ccccc1)C(=O)NC(C)c1cccc(Br)c1. The summed E-state index contributed by atoms with van der Waals surface area (Å²) in [7, 11) is 1.27. The summed E-state index contributed by atoms with van der Waals surface area (Å²) in [6.45, 7) is 1.90. The molecule has 0 radical (unpaired) electrons. The van der Waals surface area contributed by atoms with Gasteiger partial charge in [0.2, 0.25) is 5.91 Å². The number of alkyl carbamates (subject to hydrolysis) is 1. The first-order valence-electron chi connectivity index (χ1n) is 7.94. The van der Waals surface area contributed by atoms with Crippen LogP contribution in [0.25, 0.3) is 0 Å². The van der Waals surface area contributed by atoms with Gasteiger partial charge in [0, 0.05) is 10.9 Å². The van der Waals surface area contributed by atoms with Gasteiger partial charge in [0.05, 0.1) is 13.2 Å². The molecule has 0 saturated carbocycles. The molecule has 132 valence electrons. The highest BCUT2D eigenvalue weighted by Gasteiger charge is 2.23. The van der Waals surface area contributed by atoms with Gasteiger partial charge in [0.25, 0.3) is 0 Å². The zero-order chi connectivity index (χ0) is 18.2. The summed E-state index contributed by atoms with van der Waals surface area (Å²) in [5, 5.41) is 5.54. The lowest BCUT2D eigenvalue weighted by molar-refractivity contribution is -0.123. The van der Waals surface area contributed by atoms with E-state index in [-0.39, 0.29) is 11.9 Å². The Bertz CT molecular complexity index is 722. The van der Waals surface area contributed by atoms with Crippen LogP contribution >= 0.6 is 15.9 Å². The quantitative estimate of drug-likeness (QED) is 0.772. The summed E-state index contributed by atoms with van der Waals surface area (Å²) in [4.78, 5) is 24.3. The van der Waals surface area contributed by atoms with Gasteiger partial charge >= 0.3 is 6.09 Å². The van der Waals surface area contributed by atoms with E-state index in [1.54, 1.807) is 0 Å². The number of benzene rings is 2. The lowest BCUT2D eigenvalue weighted by atomic mass is 10.0. The summed E-state index contributed by atoms with van der Waals surface area (Å²) in [5.74, 6) is -0.262. The first-order valence-corrected chi connectivity index (χ1v) is 8.73. The predicted molar refractivity (Wildman–Crippen MR) is 100 cm³/mol. The fraction of sp³-hybridized carbons (Fsp3) is 0.263. The first-order chi connectivity index (χ1) is 12.0. The first kappa shape index (κ1) is 19.0. The van der Waals surface area contributed by atoms with Gasteiger partial charge in [-0.3, -0.25) is 4.79 Å². The van der Waals surface area contributed by atoms with Crippen LogP contribution in [0.4, 0.5) is 4.79 Å². The highest BCUT2D eigenvalue weighted by atomic mass is 79.9. The Morgan fingerprint density at radius 1 is 1.08 bits per heavy atom. The molecule has 6 heteroatoms. The molecular weight excluding hydrogens is 384 g/mol. The predicted octanol–water partition coefficient (Wildman–Crippen LogP) is 3.59. The van der Waals surface area contributed by atoms with Crippen LogP contribution in [0.5, 0.6) is 0 Å². The largest absolute Gasteiger partial charge is 0.453 e.